The molecule has 0 heterocycles. The normalized spacial score (nSPS) is 5.44. The van der Waals surface area contributed by atoms with Crippen molar-refractivity contribution in [2.24, 2.45) is 0 Å². The first-order valence-corrected chi connectivity index (χ1v) is 10.8. The average Bonchev–Trinajstić information content (AvgIpc) is 2.98. The molecule has 10 nitrogen and oxygen atoms in total. The summed E-state index contributed by atoms with van der Waals surface area (Å²) in [6.07, 6.45) is 0. The zero-order valence-corrected chi connectivity index (χ0v) is 25.9. The van der Waals surface area contributed by atoms with Crippen LogP contribution in [0, 0.1) is 0 Å². The zero-order chi connectivity index (χ0) is 27.6. The Bertz CT molecular complexity index is 477. The first-order valence-electron chi connectivity index (χ1n) is 8.21. The van der Waals surface area contributed by atoms with E-state index in [0.29, 0.717) is 0 Å². The van der Waals surface area contributed by atoms with E-state index in [2.05, 4.69) is 6.62 Å². The minimum atomic E-state index is 1.00. The zero-order valence-electron chi connectivity index (χ0n) is 20.1. The van der Waals surface area contributed by atoms with Crippen molar-refractivity contribution >= 4 is 11.4 Å². The van der Waals surface area contributed by atoms with Gasteiger partial charge in [0.15, 0.2) is 0 Å². The summed E-state index contributed by atoms with van der Waals surface area (Å²) in [7, 11) is 8.00. The fraction of sp³-hybridized carbons (Fsp3) is 0.400. The molecule has 2 aromatic carbocycles. The molecule has 0 saturated carbocycles. The third kappa shape index (κ3) is 63.0. The maximum atomic E-state index is 7.00. The van der Waals surface area contributed by atoms with Gasteiger partial charge in [-0.1, -0.05) is 0 Å². The third-order valence-electron chi connectivity index (χ3n) is 1.72. The molecule has 0 aromatic heterocycles. The predicted molar refractivity (Wildman–Crippen MR) is 124 cm³/mol. The summed E-state index contributed by atoms with van der Waals surface area (Å²) in [6.45, 7) is 0. The number of nitrogens with zero attached hydrogens (tertiary/aromatic N) is 2. The van der Waals surface area contributed by atoms with Gasteiger partial charge in [-0.05, 0) is 0 Å². The second-order valence-electron chi connectivity index (χ2n) is 2.85. The molecular weight excluding hydrogens is 764 g/mol. The van der Waals surface area contributed by atoms with Crippen molar-refractivity contribution < 1.29 is 79.7 Å². The van der Waals surface area contributed by atoms with E-state index in [1.54, 1.807) is 0 Å². The van der Waals surface area contributed by atoms with Crippen LogP contribution < -0.4 is 0 Å². The van der Waals surface area contributed by atoms with Crippen molar-refractivity contribution in [2.45, 2.75) is 0 Å². The first-order chi connectivity index (χ1) is 15.9. The van der Waals surface area contributed by atoms with Gasteiger partial charge in [-0.2, -0.15) is 0 Å². The molecule has 12 heteroatoms. The topological polar surface area (TPSA) is 171 Å². The molecule has 0 radical (unpaired) electrons. The molecule has 0 unspecified atom stereocenters. The van der Waals surface area contributed by atoms with Crippen molar-refractivity contribution in [3.8, 4) is 0 Å². The van der Waals surface area contributed by atoms with Crippen LogP contribution in [-0.4, -0.2) is 97.7 Å². The van der Waals surface area contributed by atoms with E-state index in [1.807, 2.05) is 60.7 Å². The third-order valence-corrected chi connectivity index (χ3v) is 3.24. The summed E-state index contributed by atoms with van der Waals surface area (Å²) < 4.78 is 8.11. The molecule has 0 saturated heterocycles. The maximum absolute atomic E-state index is 7.00. The summed E-state index contributed by atoms with van der Waals surface area (Å²) in [4.78, 5) is 0. The van der Waals surface area contributed by atoms with Crippen LogP contribution >= 0.6 is 0 Å². The molecule has 0 spiro atoms. The van der Waals surface area contributed by atoms with Crippen LogP contribution in [0.4, 0.5) is 11.4 Å². The van der Waals surface area contributed by atoms with Crippen LogP contribution in [0.15, 0.2) is 60.7 Å². The summed E-state index contributed by atoms with van der Waals surface area (Å²) in [5.74, 6) is 0. The molecule has 0 fully saturated rings. The van der Waals surface area contributed by atoms with Crippen molar-refractivity contribution in [3.63, 3.8) is 0 Å². The number of hydrogen-bond acceptors (Lipinski definition) is 8. The number of aliphatic hydroxyl groups is 8. The number of rotatable bonds is 0. The summed E-state index contributed by atoms with van der Waals surface area (Å²) in [5.41, 5.74) is 2.14. The van der Waals surface area contributed by atoms with E-state index in [-0.39, 0.29) is 0 Å². The molecule has 190 valence electrons. The summed E-state index contributed by atoms with van der Waals surface area (Å²) >= 11 is 2.51. The molecule has 0 aliphatic rings. The van der Waals surface area contributed by atoms with Crippen molar-refractivity contribution in [2.75, 3.05) is 56.9 Å². The van der Waals surface area contributed by atoms with Crippen molar-refractivity contribution in [1.82, 2.24) is 0 Å². The van der Waals surface area contributed by atoms with Crippen molar-refractivity contribution in [3.05, 3.63) is 67.3 Å². The Balaban J connectivity index is -0.0000000373. The Morgan fingerprint density at radius 1 is 0.375 bits per heavy atom. The fourth-order valence-corrected chi connectivity index (χ4v) is 1.85. The van der Waals surface area contributed by atoms with Gasteiger partial charge in [-0.3, -0.25) is 0 Å². The van der Waals surface area contributed by atoms with E-state index in [1.165, 1.54) is 38.9 Å². The first kappa shape index (κ1) is 52.7. The number of aliphatic hydroxyl groups excluding tert-OH is 8. The van der Waals surface area contributed by atoms with Crippen LogP contribution in [0.5, 0.6) is 0 Å². The second-order valence-corrected chi connectivity index (χ2v) is 4.17. The standard InChI is InChI=1S/2C6H5N.8CH4O.2W/c2*7-6-4-2-1-3-5-6;8*1-2;;/h2*1-5H;8*2H,1H3;;/q2*+1;;;;;;;;;;. The molecular formula is C20H42N2O8W2+2. The fourth-order valence-electron chi connectivity index (χ4n) is 0.978. The van der Waals surface area contributed by atoms with Gasteiger partial charge in [0.05, 0.1) is 0 Å². The Labute approximate surface area is 214 Å². The van der Waals surface area contributed by atoms with Gasteiger partial charge in [0.1, 0.15) is 0 Å². The van der Waals surface area contributed by atoms with E-state index in [9.17, 15) is 0 Å². The van der Waals surface area contributed by atoms with Crippen LogP contribution in [0.25, 0.3) is 6.62 Å². The average molecular weight is 806 g/mol. The molecule has 0 aliphatic heterocycles. The Morgan fingerprint density at radius 2 is 0.531 bits per heavy atom. The molecule has 2 rings (SSSR count). The molecule has 0 atom stereocenters. The minimum absolute atomic E-state index is 1.00. The summed E-state index contributed by atoms with van der Waals surface area (Å²) in [6, 6.07) is 19.9. The van der Waals surface area contributed by atoms with E-state index in [4.69, 9.17) is 40.9 Å². The number of benzene rings is 2. The molecule has 8 N–H and O–H groups in total. The van der Waals surface area contributed by atoms with E-state index in [0.717, 1.165) is 68.3 Å². The Morgan fingerprint density at radius 3 is 0.625 bits per heavy atom. The van der Waals surface area contributed by atoms with Gasteiger partial charge in [-0.15, -0.1) is 0 Å². The monoisotopic (exact) mass is 806 g/mol. The Kier molecular flexibility index (Phi) is 144. The van der Waals surface area contributed by atoms with Gasteiger partial charge in [0.25, 0.3) is 0 Å². The van der Waals surface area contributed by atoms with Gasteiger partial charge in [0, 0.05) is 56.9 Å². The van der Waals surface area contributed by atoms with Gasteiger partial charge >= 0.3 is 118 Å². The molecule has 0 bridgehead atoms. The SMILES string of the molecule is CO.CO.CO.CO.CO.CO.CO.CO.[W]#[N+]c1ccccc1.[W]#[N+]c1ccccc1. The van der Waals surface area contributed by atoms with Gasteiger partial charge in [0.2, 0.25) is 0 Å². The molecule has 0 aliphatic carbocycles. The molecule has 0 amide bonds. The van der Waals surface area contributed by atoms with E-state index >= 15 is 0 Å². The second kappa shape index (κ2) is 87.4. The van der Waals surface area contributed by atoms with Crippen LogP contribution in [-0.2, 0) is 38.9 Å². The van der Waals surface area contributed by atoms with Crippen LogP contribution in [0.1, 0.15) is 0 Å². The van der Waals surface area contributed by atoms with Gasteiger partial charge < -0.3 is 40.9 Å². The van der Waals surface area contributed by atoms with Crippen LogP contribution in [0.2, 0.25) is 0 Å². The molecule has 32 heavy (non-hydrogen) atoms. The summed E-state index contributed by atoms with van der Waals surface area (Å²) in [5, 5.41) is 56.0. The van der Waals surface area contributed by atoms with Crippen molar-refractivity contribution in [1.29, 1.82) is 0 Å². The van der Waals surface area contributed by atoms with E-state index < -0.39 is 0 Å². The molecule has 2 aromatic rings. The Hall–Kier alpha value is -1.08. The number of hydrogen-bond donors (Lipinski definition) is 8. The van der Waals surface area contributed by atoms with Crippen LogP contribution in [0.3, 0.4) is 0 Å². The predicted octanol–water partition coefficient (Wildman–Crippen LogP) is 1.18. The quantitative estimate of drug-likeness (QED) is 0.196. The van der Waals surface area contributed by atoms with Gasteiger partial charge in [-0.25, -0.2) is 0 Å².